The van der Waals surface area contributed by atoms with Crippen molar-refractivity contribution in [2.45, 2.75) is 39.3 Å². The van der Waals surface area contributed by atoms with Crippen LogP contribution in [0.2, 0.25) is 0 Å². The largest absolute Gasteiger partial charge is 0.370 e. The molecule has 0 amide bonds. The van der Waals surface area contributed by atoms with E-state index in [1.165, 1.54) is 37.2 Å². The molecule has 1 saturated heterocycles. The van der Waals surface area contributed by atoms with Crippen molar-refractivity contribution in [1.82, 2.24) is 5.32 Å². The summed E-state index contributed by atoms with van der Waals surface area (Å²) in [6.45, 7) is 7.93. The zero-order chi connectivity index (χ0) is 11.9. The molecule has 0 atom stereocenters. The molecule has 0 aromatic heterocycles. The van der Waals surface area contributed by atoms with Crippen LogP contribution < -0.4 is 10.2 Å². The first-order valence-electron chi connectivity index (χ1n) is 6.74. The molecule has 2 fully saturated rings. The molecule has 1 aliphatic heterocycles. The number of rotatable bonds is 4. The monoisotopic (exact) mass is 230 g/mol. The third kappa shape index (κ3) is 2.32. The molecule has 92 valence electrons. The summed E-state index contributed by atoms with van der Waals surface area (Å²) in [6, 6.07) is 9.53. The summed E-state index contributed by atoms with van der Waals surface area (Å²) < 4.78 is 0. The van der Waals surface area contributed by atoms with Gasteiger partial charge in [-0.15, -0.1) is 0 Å². The van der Waals surface area contributed by atoms with Gasteiger partial charge < -0.3 is 10.2 Å². The molecule has 0 bridgehead atoms. The molecule has 2 aliphatic rings. The van der Waals surface area contributed by atoms with Gasteiger partial charge in [-0.3, -0.25) is 0 Å². The Morgan fingerprint density at radius 3 is 2.71 bits per heavy atom. The van der Waals surface area contributed by atoms with Crippen LogP contribution in [0.3, 0.4) is 0 Å². The topological polar surface area (TPSA) is 15.3 Å². The Morgan fingerprint density at radius 2 is 2.06 bits per heavy atom. The molecule has 2 heteroatoms. The van der Waals surface area contributed by atoms with Gasteiger partial charge in [0.25, 0.3) is 0 Å². The van der Waals surface area contributed by atoms with Crippen molar-refractivity contribution in [3.63, 3.8) is 0 Å². The number of hydrogen-bond donors (Lipinski definition) is 1. The standard InChI is InChI=1S/C15H22N2/c1-12(2)16-9-13-4-3-5-14(8-13)17-10-15(11-17)6-7-15/h3-5,8,12,16H,6-7,9-11H2,1-2H3. The van der Waals surface area contributed by atoms with E-state index in [0.29, 0.717) is 6.04 Å². The zero-order valence-corrected chi connectivity index (χ0v) is 10.9. The molecule has 0 unspecified atom stereocenters. The molecule has 1 N–H and O–H groups in total. The van der Waals surface area contributed by atoms with Gasteiger partial charge in [-0.1, -0.05) is 26.0 Å². The zero-order valence-electron chi connectivity index (χ0n) is 10.9. The minimum Gasteiger partial charge on any atom is -0.370 e. The van der Waals surface area contributed by atoms with Gasteiger partial charge in [-0.25, -0.2) is 0 Å². The quantitative estimate of drug-likeness (QED) is 0.855. The first-order chi connectivity index (χ1) is 8.17. The van der Waals surface area contributed by atoms with Crippen LogP contribution in [0.5, 0.6) is 0 Å². The van der Waals surface area contributed by atoms with Crippen LogP contribution >= 0.6 is 0 Å². The highest BCUT2D eigenvalue weighted by Gasteiger charge is 2.52. The Bertz CT molecular complexity index is 399. The molecule has 1 saturated carbocycles. The lowest BCUT2D eigenvalue weighted by Crippen LogP contribution is -2.48. The average molecular weight is 230 g/mol. The summed E-state index contributed by atoms with van der Waals surface area (Å²) in [4.78, 5) is 2.52. The van der Waals surface area contributed by atoms with Crippen LogP contribution in [0.25, 0.3) is 0 Å². The lowest BCUT2D eigenvalue weighted by molar-refractivity contribution is 0.387. The molecule has 1 spiro atoms. The number of anilines is 1. The summed E-state index contributed by atoms with van der Waals surface area (Å²) >= 11 is 0. The van der Waals surface area contributed by atoms with Crippen molar-refractivity contribution in [2.24, 2.45) is 5.41 Å². The van der Waals surface area contributed by atoms with Crippen LogP contribution in [0.1, 0.15) is 32.3 Å². The minimum atomic E-state index is 0.553. The van der Waals surface area contributed by atoms with Crippen LogP contribution in [0.15, 0.2) is 24.3 Å². The van der Waals surface area contributed by atoms with Gasteiger partial charge >= 0.3 is 0 Å². The fraction of sp³-hybridized carbons (Fsp3) is 0.600. The van der Waals surface area contributed by atoms with E-state index in [1.54, 1.807) is 0 Å². The van der Waals surface area contributed by atoms with Crippen LogP contribution in [0.4, 0.5) is 5.69 Å². The highest BCUT2D eigenvalue weighted by atomic mass is 15.2. The second kappa shape index (κ2) is 4.02. The summed E-state index contributed by atoms with van der Waals surface area (Å²) in [7, 11) is 0. The van der Waals surface area contributed by atoms with E-state index in [-0.39, 0.29) is 0 Å². The smallest absolute Gasteiger partial charge is 0.0369 e. The molecule has 1 heterocycles. The molecule has 0 radical (unpaired) electrons. The molecule has 1 aliphatic carbocycles. The van der Waals surface area contributed by atoms with Gasteiger partial charge in [0.2, 0.25) is 0 Å². The first-order valence-corrected chi connectivity index (χ1v) is 6.74. The van der Waals surface area contributed by atoms with Gasteiger partial charge in [0, 0.05) is 36.8 Å². The number of nitrogens with zero attached hydrogens (tertiary/aromatic N) is 1. The Kier molecular flexibility index (Phi) is 2.62. The van der Waals surface area contributed by atoms with Crippen LogP contribution in [-0.4, -0.2) is 19.1 Å². The second-order valence-corrected chi connectivity index (χ2v) is 6.06. The van der Waals surface area contributed by atoms with Crippen molar-refractivity contribution in [2.75, 3.05) is 18.0 Å². The van der Waals surface area contributed by atoms with E-state index in [1.807, 2.05) is 0 Å². The predicted octanol–water partition coefficient (Wildman–Crippen LogP) is 2.78. The molecule has 17 heavy (non-hydrogen) atoms. The summed E-state index contributed by atoms with van der Waals surface area (Å²) in [5, 5.41) is 3.47. The van der Waals surface area contributed by atoms with E-state index < -0.39 is 0 Å². The minimum absolute atomic E-state index is 0.553. The maximum absolute atomic E-state index is 3.47. The van der Waals surface area contributed by atoms with E-state index in [4.69, 9.17) is 0 Å². The van der Waals surface area contributed by atoms with Gasteiger partial charge in [0.05, 0.1) is 0 Å². The molecular formula is C15H22N2. The summed E-state index contributed by atoms with van der Waals surface area (Å²) in [5.74, 6) is 0. The first kappa shape index (κ1) is 11.1. The summed E-state index contributed by atoms with van der Waals surface area (Å²) in [6.07, 6.45) is 2.91. The van der Waals surface area contributed by atoms with Crippen molar-refractivity contribution in [3.05, 3.63) is 29.8 Å². The predicted molar refractivity (Wildman–Crippen MR) is 72.3 cm³/mol. The molecule has 1 aromatic rings. The van der Waals surface area contributed by atoms with Gasteiger partial charge in [0.1, 0.15) is 0 Å². The molecule has 1 aromatic carbocycles. The average Bonchev–Trinajstić information content (AvgIpc) is 3.05. The molecular weight excluding hydrogens is 208 g/mol. The number of benzene rings is 1. The second-order valence-electron chi connectivity index (χ2n) is 6.06. The Morgan fingerprint density at radius 1 is 1.29 bits per heavy atom. The normalized spacial score (nSPS) is 20.8. The van der Waals surface area contributed by atoms with Crippen molar-refractivity contribution < 1.29 is 0 Å². The number of nitrogens with one attached hydrogen (secondary N) is 1. The fourth-order valence-corrected chi connectivity index (χ4v) is 2.62. The maximum atomic E-state index is 3.47. The lowest BCUT2D eigenvalue weighted by Gasteiger charge is -2.42. The third-order valence-corrected chi connectivity index (χ3v) is 4.00. The van der Waals surface area contributed by atoms with E-state index in [2.05, 4.69) is 48.3 Å². The van der Waals surface area contributed by atoms with Crippen molar-refractivity contribution in [3.8, 4) is 0 Å². The van der Waals surface area contributed by atoms with Crippen molar-refractivity contribution in [1.29, 1.82) is 0 Å². The lowest BCUT2D eigenvalue weighted by atomic mass is 9.96. The van der Waals surface area contributed by atoms with Gasteiger partial charge in [-0.2, -0.15) is 0 Å². The van der Waals surface area contributed by atoms with Crippen molar-refractivity contribution >= 4 is 5.69 Å². The Labute approximate surface area is 104 Å². The molecule has 3 rings (SSSR count). The highest BCUT2D eigenvalue weighted by Crippen LogP contribution is 2.53. The van der Waals surface area contributed by atoms with Gasteiger partial charge in [0.15, 0.2) is 0 Å². The maximum Gasteiger partial charge on any atom is 0.0369 e. The Balaban J connectivity index is 1.62. The summed E-state index contributed by atoms with van der Waals surface area (Å²) in [5.41, 5.74) is 3.55. The Hall–Kier alpha value is -1.02. The van der Waals surface area contributed by atoms with E-state index in [0.717, 1.165) is 12.0 Å². The van der Waals surface area contributed by atoms with Gasteiger partial charge in [-0.05, 0) is 30.5 Å². The number of hydrogen-bond acceptors (Lipinski definition) is 2. The highest BCUT2D eigenvalue weighted by molar-refractivity contribution is 5.52. The van der Waals surface area contributed by atoms with E-state index >= 15 is 0 Å². The van der Waals surface area contributed by atoms with E-state index in [9.17, 15) is 0 Å². The molecule has 2 nitrogen and oxygen atoms in total. The fourth-order valence-electron chi connectivity index (χ4n) is 2.62. The SMILES string of the molecule is CC(C)NCc1cccc(N2CC3(CC3)C2)c1. The third-order valence-electron chi connectivity index (χ3n) is 4.00. The van der Waals surface area contributed by atoms with Crippen LogP contribution in [-0.2, 0) is 6.54 Å². The van der Waals surface area contributed by atoms with Crippen LogP contribution in [0, 0.1) is 5.41 Å².